The molecule has 0 aliphatic rings. The summed E-state index contributed by atoms with van der Waals surface area (Å²) in [5, 5.41) is 0. The third kappa shape index (κ3) is 2.98. The Morgan fingerprint density at radius 2 is 1.93 bits per heavy atom. The number of carbonyl (C=O) groups is 1. The van der Waals surface area contributed by atoms with Crippen LogP contribution in [0.5, 0.6) is 5.75 Å². The fraction of sp³-hybridized carbons (Fsp3) is 0.417. The van der Waals surface area contributed by atoms with E-state index < -0.39 is 0 Å². The maximum Gasteiger partial charge on any atom is 0.312 e. The molecule has 0 amide bonds. The van der Waals surface area contributed by atoms with Crippen LogP contribution in [-0.2, 0) is 9.53 Å². The number of benzene rings is 1. The minimum atomic E-state index is -0.231. The highest BCUT2D eigenvalue weighted by atomic mass is 16.5. The quantitative estimate of drug-likeness (QED) is 0.712. The smallest absolute Gasteiger partial charge is 0.312 e. The van der Waals surface area contributed by atoms with Gasteiger partial charge >= 0.3 is 5.97 Å². The molecule has 0 radical (unpaired) electrons. The van der Waals surface area contributed by atoms with E-state index in [0.29, 0.717) is 6.61 Å². The van der Waals surface area contributed by atoms with Crippen molar-refractivity contribution in [3.63, 3.8) is 0 Å². The average molecular weight is 208 g/mol. The molecule has 0 aromatic heterocycles. The first-order valence-corrected chi connectivity index (χ1v) is 4.99. The van der Waals surface area contributed by atoms with Gasteiger partial charge in [-0.3, -0.25) is 4.79 Å². The largest absolute Gasteiger partial charge is 0.494 e. The van der Waals surface area contributed by atoms with Crippen LogP contribution < -0.4 is 4.74 Å². The lowest BCUT2D eigenvalue weighted by atomic mass is 10.0. The van der Waals surface area contributed by atoms with E-state index in [2.05, 4.69) is 4.74 Å². The molecule has 0 bridgehead atoms. The summed E-state index contributed by atoms with van der Waals surface area (Å²) in [6, 6.07) is 7.48. The zero-order valence-corrected chi connectivity index (χ0v) is 9.32. The van der Waals surface area contributed by atoms with Gasteiger partial charge in [0.2, 0.25) is 0 Å². The zero-order valence-electron chi connectivity index (χ0n) is 9.32. The molecule has 0 spiro atoms. The first-order chi connectivity index (χ1) is 7.19. The molecule has 0 aliphatic heterocycles. The summed E-state index contributed by atoms with van der Waals surface area (Å²) < 4.78 is 9.99. The molecule has 1 unspecified atom stereocenters. The lowest BCUT2D eigenvalue weighted by molar-refractivity contribution is -0.141. The predicted octanol–water partition coefficient (Wildman–Crippen LogP) is 2.36. The number of ether oxygens (including phenoxy) is 2. The first kappa shape index (κ1) is 11.6. The van der Waals surface area contributed by atoms with Crippen molar-refractivity contribution in [2.45, 2.75) is 19.8 Å². The molecule has 82 valence electrons. The molecule has 1 atom stereocenters. The van der Waals surface area contributed by atoms with Gasteiger partial charge in [-0.15, -0.1) is 0 Å². The van der Waals surface area contributed by atoms with Crippen molar-refractivity contribution in [3.05, 3.63) is 29.8 Å². The molecule has 0 saturated carbocycles. The lowest BCUT2D eigenvalue weighted by Gasteiger charge is -2.10. The number of hydrogen-bond donors (Lipinski definition) is 0. The Balaban J connectivity index is 2.75. The molecular weight excluding hydrogens is 192 g/mol. The molecule has 0 saturated heterocycles. The maximum absolute atomic E-state index is 11.3. The summed E-state index contributed by atoms with van der Waals surface area (Å²) in [5.74, 6) is 0.364. The lowest BCUT2D eigenvalue weighted by Crippen LogP contribution is -2.10. The van der Waals surface area contributed by atoms with Crippen molar-refractivity contribution >= 4 is 5.97 Å². The van der Waals surface area contributed by atoms with E-state index in [-0.39, 0.29) is 11.9 Å². The fourth-order valence-electron chi connectivity index (χ4n) is 1.33. The molecule has 0 N–H and O–H groups in total. The van der Waals surface area contributed by atoms with Gasteiger partial charge in [0.25, 0.3) is 0 Å². The van der Waals surface area contributed by atoms with Crippen molar-refractivity contribution in [1.82, 2.24) is 0 Å². The van der Waals surface area contributed by atoms with Crippen LogP contribution in [0.4, 0.5) is 0 Å². The summed E-state index contributed by atoms with van der Waals surface area (Å²) in [6.07, 6.45) is 0. The van der Waals surface area contributed by atoms with Crippen molar-refractivity contribution in [2.75, 3.05) is 13.7 Å². The Morgan fingerprint density at radius 3 is 2.40 bits per heavy atom. The summed E-state index contributed by atoms with van der Waals surface area (Å²) in [5.41, 5.74) is 0.935. The summed E-state index contributed by atoms with van der Waals surface area (Å²) in [6.45, 7) is 4.40. The van der Waals surface area contributed by atoms with E-state index in [0.717, 1.165) is 11.3 Å². The number of rotatable bonds is 4. The third-order valence-electron chi connectivity index (χ3n) is 2.25. The topological polar surface area (TPSA) is 35.5 Å². The minimum absolute atomic E-state index is 0.223. The fourth-order valence-corrected chi connectivity index (χ4v) is 1.33. The van der Waals surface area contributed by atoms with Gasteiger partial charge in [0.15, 0.2) is 0 Å². The second-order valence-corrected chi connectivity index (χ2v) is 3.25. The van der Waals surface area contributed by atoms with E-state index in [4.69, 9.17) is 4.74 Å². The minimum Gasteiger partial charge on any atom is -0.494 e. The van der Waals surface area contributed by atoms with E-state index in [9.17, 15) is 4.79 Å². The molecular formula is C12H16O3. The van der Waals surface area contributed by atoms with Crippen molar-refractivity contribution in [1.29, 1.82) is 0 Å². The van der Waals surface area contributed by atoms with Gasteiger partial charge in [-0.1, -0.05) is 12.1 Å². The van der Waals surface area contributed by atoms with E-state index in [1.54, 1.807) is 0 Å². The van der Waals surface area contributed by atoms with Crippen LogP contribution in [0.1, 0.15) is 25.3 Å². The van der Waals surface area contributed by atoms with Crippen molar-refractivity contribution < 1.29 is 14.3 Å². The summed E-state index contributed by atoms with van der Waals surface area (Å²) in [4.78, 5) is 11.3. The highest BCUT2D eigenvalue weighted by Gasteiger charge is 2.14. The maximum atomic E-state index is 11.3. The van der Waals surface area contributed by atoms with Crippen LogP contribution in [0.15, 0.2) is 24.3 Å². The predicted molar refractivity (Wildman–Crippen MR) is 58.0 cm³/mol. The number of hydrogen-bond acceptors (Lipinski definition) is 3. The third-order valence-corrected chi connectivity index (χ3v) is 2.25. The van der Waals surface area contributed by atoms with Gasteiger partial charge in [-0.05, 0) is 31.5 Å². The number of carbonyl (C=O) groups excluding carboxylic acids is 1. The molecule has 3 nitrogen and oxygen atoms in total. The van der Waals surface area contributed by atoms with Crippen LogP contribution >= 0.6 is 0 Å². The van der Waals surface area contributed by atoms with Gasteiger partial charge in [0, 0.05) is 0 Å². The van der Waals surface area contributed by atoms with Gasteiger partial charge in [-0.25, -0.2) is 0 Å². The average Bonchev–Trinajstić information content (AvgIpc) is 2.28. The summed E-state index contributed by atoms with van der Waals surface area (Å²) in [7, 11) is 1.40. The second kappa shape index (κ2) is 5.39. The molecule has 0 fully saturated rings. The number of methoxy groups -OCH3 is 1. The highest BCUT2D eigenvalue weighted by molar-refractivity contribution is 5.77. The molecule has 0 heterocycles. The van der Waals surface area contributed by atoms with Gasteiger partial charge in [0.05, 0.1) is 19.6 Å². The van der Waals surface area contributed by atoms with Crippen LogP contribution in [0, 0.1) is 0 Å². The Hall–Kier alpha value is -1.51. The van der Waals surface area contributed by atoms with Crippen molar-refractivity contribution in [2.24, 2.45) is 0 Å². The monoisotopic (exact) mass is 208 g/mol. The molecule has 1 aromatic carbocycles. The van der Waals surface area contributed by atoms with Crippen LogP contribution in [0.3, 0.4) is 0 Å². The van der Waals surface area contributed by atoms with E-state index in [1.165, 1.54) is 7.11 Å². The first-order valence-electron chi connectivity index (χ1n) is 4.99. The molecule has 0 aliphatic carbocycles. The molecule has 3 heteroatoms. The zero-order chi connectivity index (χ0) is 11.3. The molecule has 1 rings (SSSR count). The molecule has 1 aromatic rings. The van der Waals surface area contributed by atoms with Gasteiger partial charge < -0.3 is 9.47 Å². The Morgan fingerprint density at radius 1 is 1.33 bits per heavy atom. The Bertz CT molecular complexity index is 316. The van der Waals surface area contributed by atoms with E-state index >= 15 is 0 Å². The van der Waals surface area contributed by atoms with Gasteiger partial charge in [-0.2, -0.15) is 0 Å². The van der Waals surface area contributed by atoms with Crippen molar-refractivity contribution in [3.8, 4) is 5.75 Å². The van der Waals surface area contributed by atoms with Crippen LogP contribution in [0.25, 0.3) is 0 Å². The SMILES string of the molecule is CCOc1ccc(C(C)C(=O)OC)cc1. The molecule has 15 heavy (non-hydrogen) atoms. The highest BCUT2D eigenvalue weighted by Crippen LogP contribution is 2.20. The normalized spacial score (nSPS) is 11.9. The Kier molecular flexibility index (Phi) is 4.16. The standard InChI is InChI=1S/C12H16O3/c1-4-15-11-7-5-10(6-8-11)9(2)12(13)14-3/h5-9H,4H2,1-3H3. The summed E-state index contributed by atoms with van der Waals surface area (Å²) >= 11 is 0. The van der Waals surface area contributed by atoms with Crippen LogP contribution in [0.2, 0.25) is 0 Å². The van der Waals surface area contributed by atoms with Gasteiger partial charge in [0.1, 0.15) is 5.75 Å². The van der Waals surface area contributed by atoms with Crippen LogP contribution in [-0.4, -0.2) is 19.7 Å². The number of esters is 1. The van der Waals surface area contributed by atoms with E-state index in [1.807, 2.05) is 38.1 Å². The second-order valence-electron chi connectivity index (χ2n) is 3.25. The Labute approximate surface area is 90.0 Å².